The van der Waals surface area contributed by atoms with E-state index in [0.717, 1.165) is 0 Å². The molecule has 0 aliphatic carbocycles. The van der Waals surface area contributed by atoms with E-state index in [4.69, 9.17) is 34.2 Å². The minimum absolute atomic E-state index is 0.0151. The first kappa shape index (κ1) is 15.1. The van der Waals surface area contributed by atoms with Gasteiger partial charge in [0.2, 0.25) is 5.91 Å². The lowest BCUT2D eigenvalue weighted by molar-refractivity contribution is -0.119. The molecule has 1 heterocycles. The molecule has 1 amide bonds. The summed E-state index contributed by atoms with van der Waals surface area (Å²) in [5.74, 6) is -0.418. The van der Waals surface area contributed by atoms with Gasteiger partial charge in [0.15, 0.2) is 0 Å². The standard InChI is InChI=1S/C12H10Cl2N6O/c1-6(20-5-17-10(4-15)19-20)12(21)18-11-8(14)2-7(13)3-9(11)16/h2-3,5-6H,16H2,1H3,(H,18,21). The highest BCUT2D eigenvalue weighted by Crippen LogP contribution is 2.32. The SMILES string of the molecule is CC(C(=O)Nc1c(N)cc(Cl)cc1Cl)n1cnc(C#N)n1. The Hall–Kier alpha value is -2.30. The van der Waals surface area contributed by atoms with Crippen LogP contribution in [0.4, 0.5) is 11.4 Å². The highest BCUT2D eigenvalue weighted by Gasteiger charge is 2.19. The molecule has 0 aliphatic rings. The zero-order valence-electron chi connectivity index (χ0n) is 10.8. The molecule has 2 aromatic rings. The third-order valence-corrected chi connectivity index (χ3v) is 3.23. The van der Waals surface area contributed by atoms with Crippen LogP contribution in [-0.4, -0.2) is 20.7 Å². The van der Waals surface area contributed by atoms with Crippen LogP contribution in [0.2, 0.25) is 10.0 Å². The summed E-state index contributed by atoms with van der Waals surface area (Å²) in [6, 6.07) is 4.05. The van der Waals surface area contributed by atoms with Crippen LogP contribution in [0.3, 0.4) is 0 Å². The fraction of sp³-hybridized carbons (Fsp3) is 0.167. The maximum atomic E-state index is 12.2. The predicted octanol–water partition coefficient (Wildman–Crippen LogP) is 2.24. The van der Waals surface area contributed by atoms with Crippen molar-refractivity contribution in [2.24, 2.45) is 0 Å². The number of nitrogens with zero attached hydrogens (tertiary/aromatic N) is 4. The first-order valence-corrected chi connectivity index (χ1v) is 6.54. The van der Waals surface area contributed by atoms with Crippen molar-refractivity contribution in [2.45, 2.75) is 13.0 Å². The van der Waals surface area contributed by atoms with Crippen LogP contribution in [0.25, 0.3) is 0 Å². The zero-order valence-corrected chi connectivity index (χ0v) is 12.4. The Kier molecular flexibility index (Phi) is 4.31. The van der Waals surface area contributed by atoms with Crippen molar-refractivity contribution in [3.63, 3.8) is 0 Å². The van der Waals surface area contributed by atoms with Crippen LogP contribution in [0, 0.1) is 11.3 Å². The van der Waals surface area contributed by atoms with Crippen LogP contribution in [0.15, 0.2) is 18.5 Å². The van der Waals surface area contributed by atoms with E-state index in [9.17, 15) is 4.79 Å². The average molecular weight is 325 g/mol. The summed E-state index contributed by atoms with van der Waals surface area (Å²) in [6.45, 7) is 1.60. The molecule has 3 N–H and O–H groups in total. The molecule has 0 radical (unpaired) electrons. The van der Waals surface area contributed by atoms with Gasteiger partial charge in [0.25, 0.3) is 5.82 Å². The maximum absolute atomic E-state index is 12.2. The van der Waals surface area contributed by atoms with Gasteiger partial charge in [0.05, 0.1) is 16.4 Å². The van der Waals surface area contributed by atoms with Gasteiger partial charge in [-0.05, 0) is 19.1 Å². The van der Waals surface area contributed by atoms with Gasteiger partial charge in [-0.15, -0.1) is 5.10 Å². The summed E-state index contributed by atoms with van der Waals surface area (Å²) in [7, 11) is 0. The normalized spacial score (nSPS) is 11.7. The molecule has 0 bridgehead atoms. The summed E-state index contributed by atoms with van der Waals surface area (Å²) in [6.07, 6.45) is 1.30. The van der Waals surface area contributed by atoms with E-state index in [1.54, 1.807) is 13.0 Å². The Morgan fingerprint density at radius 3 is 2.81 bits per heavy atom. The van der Waals surface area contributed by atoms with Crippen molar-refractivity contribution in [1.82, 2.24) is 14.8 Å². The number of nitrogen functional groups attached to an aromatic ring is 1. The Labute approximate surface area is 130 Å². The van der Waals surface area contributed by atoms with E-state index in [-0.39, 0.29) is 22.2 Å². The van der Waals surface area contributed by atoms with E-state index >= 15 is 0 Å². The van der Waals surface area contributed by atoms with Crippen molar-refractivity contribution in [2.75, 3.05) is 11.1 Å². The van der Waals surface area contributed by atoms with Gasteiger partial charge in [0.1, 0.15) is 18.4 Å². The molecule has 1 atom stereocenters. The number of nitriles is 1. The average Bonchev–Trinajstić information content (AvgIpc) is 2.90. The molecule has 0 spiro atoms. The molecule has 9 heteroatoms. The molecule has 0 aliphatic heterocycles. The van der Waals surface area contributed by atoms with E-state index in [2.05, 4.69) is 15.4 Å². The van der Waals surface area contributed by atoms with Gasteiger partial charge >= 0.3 is 0 Å². The van der Waals surface area contributed by atoms with Crippen molar-refractivity contribution in [3.05, 3.63) is 34.3 Å². The number of nitrogens with two attached hydrogens (primary N) is 1. The predicted molar refractivity (Wildman–Crippen MR) is 79.0 cm³/mol. The second-order valence-corrected chi connectivity index (χ2v) is 5.02. The molecule has 1 unspecified atom stereocenters. The number of benzene rings is 1. The Bertz CT molecular complexity index is 713. The maximum Gasteiger partial charge on any atom is 0.252 e. The van der Waals surface area contributed by atoms with Gasteiger partial charge in [-0.1, -0.05) is 23.2 Å². The smallest absolute Gasteiger partial charge is 0.252 e. The molecule has 0 saturated heterocycles. The Morgan fingerprint density at radius 1 is 1.52 bits per heavy atom. The number of carbonyl (C=O) groups excluding carboxylic acids is 1. The molecule has 0 saturated carbocycles. The van der Waals surface area contributed by atoms with Crippen LogP contribution in [0.5, 0.6) is 0 Å². The van der Waals surface area contributed by atoms with Gasteiger partial charge in [-0.2, -0.15) is 5.26 Å². The van der Waals surface area contributed by atoms with Gasteiger partial charge in [-0.25, -0.2) is 9.67 Å². The van der Waals surface area contributed by atoms with Crippen molar-refractivity contribution in [1.29, 1.82) is 5.26 Å². The summed E-state index contributed by atoms with van der Waals surface area (Å²) < 4.78 is 1.27. The lowest BCUT2D eigenvalue weighted by Crippen LogP contribution is -2.24. The van der Waals surface area contributed by atoms with Crippen molar-refractivity contribution < 1.29 is 4.79 Å². The number of halogens is 2. The number of rotatable bonds is 3. The number of nitrogens with one attached hydrogen (secondary N) is 1. The summed E-state index contributed by atoms with van der Waals surface area (Å²) >= 11 is 11.8. The lowest BCUT2D eigenvalue weighted by Gasteiger charge is -2.14. The van der Waals surface area contributed by atoms with Gasteiger partial charge in [-0.3, -0.25) is 4.79 Å². The molecule has 1 aromatic heterocycles. The minimum Gasteiger partial charge on any atom is -0.397 e. The molecule has 2 rings (SSSR count). The molecule has 21 heavy (non-hydrogen) atoms. The summed E-state index contributed by atoms with van der Waals surface area (Å²) in [4.78, 5) is 15.9. The van der Waals surface area contributed by atoms with Gasteiger partial charge < -0.3 is 11.1 Å². The molecular weight excluding hydrogens is 315 g/mol. The van der Waals surface area contributed by atoms with E-state index < -0.39 is 11.9 Å². The molecule has 108 valence electrons. The topological polar surface area (TPSA) is 110 Å². The fourth-order valence-corrected chi connectivity index (χ4v) is 2.14. The third-order valence-electron chi connectivity index (χ3n) is 2.72. The minimum atomic E-state index is -0.689. The van der Waals surface area contributed by atoms with Crippen LogP contribution < -0.4 is 11.1 Å². The zero-order chi connectivity index (χ0) is 15.6. The third kappa shape index (κ3) is 3.24. The van der Waals surface area contributed by atoms with E-state index in [0.29, 0.717) is 5.02 Å². The highest BCUT2D eigenvalue weighted by atomic mass is 35.5. The monoisotopic (exact) mass is 324 g/mol. The number of amides is 1. The number of aromatic nitrogens is 3. The molecular formula is C12H10Cl2N6O. The molecule has 1 aromatic carbocycles. The summed E-state index contributed by atoms with van der Waals surface area (Å²) in [5.41, 5.74) is 6.30. The van der Waals surface area contributed by atoms with Crippen LogP contribution in [0.1, 0.15) is 18.8 Å². The highest BCUT2D eigenvalue weighted by molar-refractivity contribution is 6.37. The Morgan fingerprint density at radius 2 is 2.24 bits per heavy atom. The second kappa shape index (κ2) is 5.99. The van der Waals surface area contributed by atoms with Crippen LogP contribution in [-0.2, 0) is 4.79 Å². The van der Waals surface area contributed by atoms with E-state index in [1.807, 2.05) is 0 Å². The Balaban J connectivity index is 2.20. The van der Waals surface area contributed by atoms with Crippen molar-refractivity contribution >= 4 is 40.5 Å². The quantitative estimate of drug-likeness (QED) is 0.841. The van der Waals surface area contributed by atoms with E-state index in [1.165, 1.54) is 23.1 Å². The van der Waals surface area contributed by atoms with Gasteiger partial charge in [0, 0.05) is 5.02 Å². The number of carbonyl (C=O) groups is 1. The number of hydrogen-bond acceptors (Lipinski definition) is 5. The first-order chi connectivity index (χ1) is 9.92. The first-order valence-electron chi connectivity index (χ1n) is 5.79. The molecule has 0 fully saturated rings. The van der Waals surface area contributed by atoms with Crippen LogP contribution >= 0.6 is 23.2 Å². The van der Waals surface area contributed by atoms with Crippen molar-refractivity contribution in [3.8, 4) is 6.07 Å². The molecule has 7 nitrogen and oxygen atoms in total. The summed E-state index contributed by atoms with van der Waals surface area (Å²) in [5, 5.41) is 15.7. The lowest BCUT2D eigenvalue weighted by atomic mass is 10.2. The number of hydrogen-bond donors (Lipinski definition) is 2. The fourth-order valence-electron chi connectivity index (χ4n) is 1.59. The largest absolute Gasteiger partial charge is 0.397 e. The number of anilines is 2. The second-order valence-electron chi connectivity index (χ2n) is 4.18.